The molecule has 0 aliphatic heterocycles. The van der Waals surface area contributed by atoms with E-state index in [2.05, 4.69) is 154 Å². The van der Waals surface area contributed by atoms with Crippen molar-refractivity contribution in [3.05, 3.63) is 108 Å². The molecule has 6 heteroatoms. The van der Waals surface area contributed by atoms with E-state index in [0.717, 1.165) is 33.1 Å². The van der Waals surface area contributed by atoms with Crippen LogP contribution in [0, 0.1) is 0 Å². The van der Waals surface area contributed by atoms with Gasteiger partial charge in [-0.25, -0.2) is 0 Å². The molecule has 0 fully saturated rings. The molecule has 0 heterocycles. The van der Waals surface area contributed by atoms with Crippen molar-refractivity contribution < 1.29 is 50.7 Å². The van der Waals surface area contributed by atoms with E-state index in [1.807, 2.05) is 0 Å². The molecule has 0 aromatic heterocycles. The zero-order chi connectivity index (χ0) is 52.5. The third kappa shape index (κ3) is 52.9. The summed E-state index contributed by atoms with van der Waals surface area (Å²) in [4.78, 5) is 0. The van der Waals surface area contributed by atoms with Crippen LogP contribution in [0.3, 0.4) is 0 Å². The second-order valence-corrected chi connectivity index (χ2v) is 24.6. The zero-order valence-corrected chi connectivity index (χ0v) is 53.6. The van der Waals surface area contributed by atoms with Gasteiger partial charge in [-0.05, 0) is 38.5 Å². The van der Waals surface area contributed by atoms with E-state index in [9.17, 15) is 0 Å². The lowest BCUT2D eigenvalue weighted by atomic mass is 10.0. The number of rotatable bonds is 45. The maximum atomic E-state index is 2.37. The number of halogens is 3. The van der Waals surface area contributed by atoms with Gasteiger partial charge in [-0.3, -0.25) is 0 Å². The van der Waals surface area contributed by atoms with Crippen LogP contribution in [-0.2, 0) is 19.6 Å². The van der Waals surface area contributed by atoms with Crippen LogP contribution in [0.1, 0.15) is 269 Å². The van der Waals surface area contributed by atoms with E-state index >= 15 is 0 Å². The molecular weight excluding hydrogens is 977 g/mol. The molecule has 438 valence electrons. The van der Waals surface area contributed by atoms with Crippen molar-refractivity contribution in [1.82, 2.24) is 0 Å². The zero-order valence-electron chi connectivity index (χ0n) is 51.3. The van der Waals surface area contributed by atoms with Gasteiger partial charge in [0.2, 0.25) is 0 Å². The number of nitrogens with zero attached hydrogens (tertiary/aromatic N) is 3. The van der Waals surface area contributed by atoms with E-state index in [1.165, 1.54) is 267 Å². The maximum absolute atomic E-state index is 2.37. The first-order valence-corrected chi connectivity index (χ1v) is 31.5. The van der Waals surface area contributed by atoms with E-state index in [0.29, 0.717) is 0 Å². The van der Waals surface area contributed by atoms with Crippen LogP contribution < -0.4 is 37.2 Å². The van der Waals surface area contributed by atoms with Gasteiger partial charge in [-0.2, -0.15) is 0 Å². The fourth-order valence-electron chi connectivity index (χ4n) is 10.6. The van der Waals surface area contributed by atoms with Crippen molar-refractivity contribution in [1.29, 1.82) is 0 Å². The Morgan fingerprint density at radius 1 is 0.213 bits per heavy atom. The van der Waals surface area contributed by atoms with Crippen molar-refractivity contribution in [2.75, 3.05) is 61.9 Å². The van der Waals surface area contributed by atoms with Crippen LogP contribution in [0.4, 0.5) is 0 Å². The second-order valence-electron chi connectivity index (χ2n) is 24.6. The van der Waals surface area contributed by atoms with Gasteiger partial charge in [-0.1, -0.05) is 304 Å². The molecule has 3 aromatic carbocycles. The molecule has 0 aliphatic carbocycles. The average molecular weight is 1100 g/mol. The lowest BCUT2D eigenvalue weighted by Crippen LogP contribution is -3.00. The molecule has 3 aromatic rings. The molecule has 0 bridgehead atoms. The van der Waals surface area contributed by atoms with Gasteiger partial charge in [0.25, 0.3) is 0 Å². The largest absolute Gasteiger partial charge is 1.00 e. The molecule has 0 amide bonds. The van der Waals surface area contributed by atoms with Crippen LogP contribution in [0.25, 0.3) is 0 Å². The highest BCUT2D eigenvalue weighted by molar-refractivity contribution is 5.14. The Morgan fingerprint density at radius 2 is 0.360 bits per heavy atom. The molecular formula is C69H126Cl3N3. The van der Waals surface area contributed by atoms with Gasteiger partial charge in [-0.15, -0.1) is 0 Å². The first-order chi connectivity index (χ1) is 34.9. The summed E-state index contributed by atoms with van der Waals surface area (Å²) in [5.74, 6) is 0. The van der Waals surface area contributed by atoms with Gasteiger partial charge >= 0.3 is 0 Å². The Hall–Kier alpha value is -1.59. The summed E-state index contributed by atoms with van der Waals surface area (Å²) in [7, 11) is 14.2. The summed E-state index contributed by atoms with van der Waals surface area (Å²) in [6, 6.07) is 32.7. The van der Waals surface area contributed by atoms with Crippen molar-refractivity contribution in [3.8, 4) is 0 Å². The topological polar surface area (TPSA) is 0 Å². The number of hydrogen-bond acceptors (Lipinski definition) is 0. The Morgan fingerprint density at radius 3 is 0.520 bits per heavy atom. The van der Waals surface area contributed by atoms with Crippen molar-refractivity contribution in [3.63, 3.8) is 0 Å². The molecule has 0 unspecified atom stereocenters. The lowest BCUT2D eigenvalue weighted by molar-refractivity contribution is -0.903. The monoisotopic (exact) mass is 1100 g/mol. The van der Waals surface area contributed by atoms with Crippen molar-refractivity contribution in [2.24, 2.45) is 0 Å². The normalized spacial score (nSPS) is 11.3. The standard InChI is InChI=1S/C25H46N.C23H42N.C21H38N.3ClH/c1-4-5-6-7-8-9-10-11-12-13-14-15-16-20-23-26(2,3)24-25-21-18-17-19-22-25;1-4-5-6-7-8-9-10-11-12-13-14-18-21-24(2,3)22-23-19-16-15-17-20-23;1-4-5-6-7-8-9-10-11-12-16-19-22(2,3)20-21-17-14-13-15-18-21;;;/h17-19,21-22H,4-16,20,23-24H2,1-3H3;15-17,19-20H,4-14,18,21-22H2,1-3H3;13-15,17-18H,4-12,16,19-20H2,1-3H3;3*1H/q3*+1;;;/p-3. The summed E-state index contributed by atoms with van der Waals surface area (Å²) < 4.78 is 3.34. The predicted octanol–water partition coefficient (Wildman–Crippen LogP) is 11.9. The predicted molar refractivity (Wildman–Crippen MR) is 325 cm³/mol. The maximum Gasteiger partial charge on any atom is 0.104 e. The summed E-state index contributed by atoms with van der Waals surface area (Å²) in [5.41, 5.74) is 4.38. The van der Waals surface area contributed by atoms with E-state index < -0.39 is 0 Å². The summed E-state index contributed by atoms with van der Waals surface area (Å²) >= 11 is 0. The highest BCUT2D eigenvalue weighted by Crippen LogP contribution is 2.18. The summed E-state index contributed by atoms with van der Waals surface area (Å²) in [6.45, 7) is 14.2. The molecule has 0 aliphatic rings. The SMILES string of the molecule is CCCCCCCCCCCCCCCC[N+](C)(C)Cc1ccccc1.CCCCCCCCCCCCCC[N+](C)(C)Cc1ccccc1.CCCCCCCCCCCC[N+](C)(C)Cc1ccccc1.[Cl-].[Cl-].[Cl-]. The molecule has 0 saturated carbocycles. The van der Waals surface area contributed by atoms with Gasteiger partial charge in [0.05, 0.1) is 61.9 Å². The van der Waals surface area contributed by atoms with Gasteiger partial charge in [0.15, 0.2) is 0 Å². The first kappa shape index (κ1) is 77.6. The molecule has 3 nitrogen and oxygen atoms in total. The minimum absolute atomic E-state index is 0. The lowest BCUT2D eigenvalue weighted by Gasteiger charge is -2.30. The van der Waals surface area contributed by atoms with Gasteiger partial charge < -0.3 is 50.7 Å². The summed E-state index contributed by atoms with van der Waals surface area (Å²) in [5, 5.41) is 0. The van der Waals surface area contributed by atoms with E-state index in [1.54, 1.807) is 0 Å². The Kier molecular flexibility index (Phi) is 56.3. The minimum atomic E-state index is 0. The van der Waals surface area contributed by atoms with Crippen LogP contribution >= 0.6 is 0 Å². The highest BCUT2D eigenvalue weighted by atomic mass is 35.5. The number of hydrogen-bond donors (Lipinski definition) is 0. The highest BCUT2D eigenvalue weighted by Gasteiger charge is 2.17. The Balaban J connectivity index is -0.00000102. The van der Waals surface area contributed by atoms with Crippen molar-refractivity contribution in [2.45, 2.75) is 272 Å². The Bertz CT molecular complexity index is 1530. The minimum Gasteiger partial charge on any atom is -1.00 e. The number of quaternary nitrogens is 3. The van der Waals surface area contributed by atoms with Crippen molar-refractivity contribution >= 4 is 0 Å². The molecule has 0 spiro atoms. The number of unbranched alkanes of at least 4 members (excludes halogenated alkanes) is 33. The quantitative estimate of drug-likeness (QED) is 0.0391. The molecule has 75 heavy (non-hydrogen) atoms. The first-order valence-electron chi connectivity index (χ1n) is 31.5. The van der Waals surface area contributed by atoms with Gasteiger partial charge in [0, 0.05) is 16.7 Å². The fourth-order valence-corrected chi connectivity index (χ4v) is 10.6. The fraction of sp³-hybridized carbons (Fsp3) is 0.739. The van der Waals surface area contributed by atoms with Crippen LogP contribution in [0.5, 0.6) is 0 Å². The molecule has 0 radical (unpaired) electrons. The van der Waals surface area contributed by atoms with Crippen LogP contribution in [0.15, 0.2) is 91.0 Å². The third-order valence-corrected chi connectivity index (χ3v) is 15.2. The van der Waals surface area contributed by atoms with E-state index in [4.69, 9.17) is 0 Å². The second kappa shape index (κ2) is 54.4. The molecule has 0 N–H and O–H groups in total. The average Bonchev–Trinajstić information content (AvgIpc) is 3.36. The smallest absolute Gasteiger partial charge is 0.104 e. The van der Waals surface area contributed by atoms with E-state index in [-0.39, 0.29) is 37.2 Å². The third-order valence-electron chi connectivity index (χ3n) is 15.2. The molecule has 0 saturated heterocycles. The Labute approximate surface area is 489 Å². The van der Waals surface area contributed by atoms with Crippen LogP contribution in [-0.4, -0.2) is 75.4 Å². The summed E-state index contributed by atoms with van der Waals surface area (Å²) in [6.07, 6.45) is 51.6. The molecule has 3 rings (SSSR count). The van der Waals surface area contributed by atoms with Gasteiger partial charge in [0.1, 0.15) is 19.6 Å². The van der Waals surface area contributed by atoms with Crippen LogP contribution in [0.2, 0.25) is 0 Å². The molecule has 0 atom stereocenters. The number of benzene rings is 3.